The molecule has 1 aromatic heterocycles. The number of aromatic carboxylic acids is 1. The van der Waals surface area contributed by atoms with Crippen molar-refractivity contribution in [1.29, 1.82) is 0 Å². The molecular weight excluding hydrogens is 394 g/mol. The number of rotatable bonds is 4. The van der Waals surface area contributed by atoms with Crippen LogP contribution in [0.25, 0.3) is 17.2 Å². The molecule has 144 valence electrons. The number of aromatic nitrogens is 1. The molecule has 1 N–H and O–H groups in total. The number of carbonyl (C=O) groups is 3. The Balaban J connectivity index is 1.94. The molecule has 7 nitrogen and oxygen atoms in total. The van der Waals surface area contributed by atoms with Crippen molar-refractivity contribution in [2.45, 2.75) is 4.90 Å². The van der Waals surface area contributed by atoms with Crippen molar-refractivity contribution in [1.82, 2.24) is 3.97 Å². The highest BCUT2D eigenvalue weighted by Crippen LogP contribution is 2.34. The minimum atomic E-state index is -4.14. The molecular formula is C21H13NO6S. The van der Waals surface area contributed by atoms with Gasteiger partial charge in [0.15, 0.2) is 0 Å². The van der Waals surface area contributed by atoms with E-state index in [0.29, 0.717) is 11.1 Å². The average molecular weight is 407 g/mol. The summed E-state index contributed by atoms with van der Waals surface area (Å²) in [6, 6.07) is 13.4. The average Bonchev–Trinajstić information content (AvgIpc) is 3.12. The minimum absolute atomic E-state index is 0.0226. The summed E-state index contributed by atoms with van der Waals surface area (Å²) in [7, 11) is -4.14. The van der Waals surface area contributed by atoms with E-state index in [0.717, 1.165) is 10.0 Å². The zero-order chi connectivity index (χ0) is 20.8. The molecule has 8 heteroatoms. The number of carboxylic acids is 1. The molecule has 2 aromatic carbocycles. The lowest BCUT2D eigenvalue weighted by Gasteiger charge is -2.11. The van der Waals surface area contributed by atoms with Gasteiger partial charge in [-0.25, -0.2) is 17.2 Å². The highest BCUT2D eigenvalue weighted by Gasteiger charge is 2.32. The third-order valence-electron chi connectivity index (χ3n) is 4.60. The molecule has 0 unspecified atom stereocenters. The summed E-state index contributed by atoms with van der Waals surface area (Å²) in [5.74, 6) is -2.68. The molecule has 0 bridgehead atoms. The van der Waals surface area contributed by atoms with Gasteiger partial charge in [0.1, 0.15) is 0 Å². The number of ketones is 2. The number of hydrogen-bond acceptors (Lipinski definition) is 5. The third kappa shape index (κ3) is 2.99. The highest BCUT2D eigenvalue weighted by atomic mass is 32.2. The van der Waals surface area contributed by atoms with Gasteiger partial charge in [-0.15, -0.1) is 0 Å². The number of carbonyl (C=O) groups excluding carboxylic acids is 2. The summed E-state index contributed by atoms with van der Waals surface area (Å²) in [5, 5.41) is 9.00. The van der Waals surface area contributed by atoms with E-state index in [1.165, 1.54) is 36.5 Å². The van der Waals surface area contributed by atoms with Gasteiger partial charge < -0.3 is 5.11 Å². The number of carboxylic acid groups (broad SMARTS) is 1. The number of allylic oxidation sites excluding steroid dienone is 1. The maximum atomic E-state index is 13.2. The molecule has 1 heterocycles. The van der Waals surface area contributed by atoms with E-state index in [2.05, 4.69) is 0 Å². The van der Waals surface area contributed by atoms with Gasteiger partial charge in [0.05, 0.1) is 21.7 Å². The Bertz CT molecular complexity index is 1300. The molecule has 4 rings (SSSR count). The molecule has 0 aliphatic heterocycles. The van der Waals surface area contributed by atoms with Gasteiger partial charge in [0, 0.05) is 11.8 Å². The lowest BCUT2D eigenvalue weighted by atomic mass is 9.94. The maximum absolute atomic E-state index is 13.2. The molecule has 0 fully saturated rings. The Hall–Kier alpha value is -3.78. The van der Waals surface area contributed by atoms with E-state index in [1.54, 1.807) is 30.3 Å². The van der Waals surface area contributed by atoms with Crippen LogP contribution in [0.1, 0.15) is 26.4 Å². The molecule has 0 saturated heterocycles. The zero-order valence-corrected chi connectivity index (χ0v) is 15.6. The van der Waals surface area contributed by atoms with E-state index in [4.69, 9.17) is 5.11 Å². The second-order valence-electron chi connectivity index (χ2n) is 6.33. The van der Waals surface area contributed by atoms with Gasteiger partial charge in [-0.2, -0.15) is 0 Å². The van der Waals surface area contributed by atoms with Crippen molar-refractivity contribution in [3.8, 4) is 11.1 Å². The van der Waals surface area contributed by atoms with Gasteiger partial charge in [0.2, 0.25) is 11.6 Å². The first kappa shape index (κ1) is 18.6. The number of hydrogen-bond donors (Lipinski definition) is 1. The Kier molecular flexibility index (Phi) is 4.28. The van der Waals surface area contributed by atoms with E-state index in [-0.39, 0.29) is 21.7 Å². The van der Waals surface area contributed by atoms with Crippen LogP contribution in [-0.2, 0) is 14.8 Å². The fourth-order valence-corrected chi connectivity index (χ4v) is 4.53. The Morgan fingerprint density at radius 1 is 0.897 bits per heavy atom. The SMILES string of the molecule is O=C1C=Cc2c(c(-c3ccccc3)cn2S(=O)(=O)c2ccc(C(=O)O)cc2)C1=O. The smallest absolute Gasteiger partial charge is 0.335 e. The van der Waals surface area contributed by atoms with Crippen LogP contribution in [0.2, 0.25) is 0 Å². The van der Waals surface area contributed by atoms with Crippen molar-refractivity contribution in [2.24, 2.45) is 0 Å². The highest BCUT2D eigenvalue weighted by molar-refractivity contribution is 7.90. The van der Waals surface area contributed by atoms with Crippen LogP contribution in [0.15, 0.2) is 71.8 Å². The summed E-state index contributed by atoms with van der Waals surface area (Å²) in [4.78, 5) is 35.3. The van der Waals surface area contributed by atoms with E-state index < -0.39 is 27.6 Å². The van der Waals surface area contributed by atoms with Gasteiger partial charge >= 0.3 is 5.97 Å². The number of fused-ring (bicyclic) bond motifs is 1. The van der Waals surface area contributed by atoms with Crippen LogP contribution in [0, 0.1) is 0 Å². The van der Waals surface area contributed by atoms with Crippen molar-refractivity contribution in [3.05, 3.63) is 83.7 Å². The summed E-state index contributed by atoms with van der Waals surface area (Å²) in [6.07, 6.45) is 3.65. The first-order valence-corrected chi connectivity index (χ1v) is 9.91. The lowest BCUT2D eigenvalue weighted by molar-refractivity contribution is -0.110. The summed E-state index contributed by atoms with van der Waals surface area (Å²) < 4.78 is 27.4. The molecule has 1 aliphatic rings. The summed E-state index contributed by atoms with van der Waals surface area (Å²) >= 11 is 0. The minimum Gasteiger partial charge on any atom is -0.478 e. The summed E-state index contributed by atoms with van der Waals surface area (Å²) in [5.41, 5.74) is 0.971. The Labute approximate surface area is 165 Å². The van der Waals surface area contributed by atoms with Gasteiger partial charge in [-0.1, -0.05) is 30.3 Å². The van der Waals surface area contributed by atoms with Crippen LogP contribution in [-0.4, -0.2) is 35.0 Å². The van der Waals surface area contributed by atoms with Crippen molar-refractivity contribution < 1.29 is 27.9 Å². The third-order valence-corrected chi connectivity index (χ3v) is 6.28. The Morgan fingerprint density at radius 3 is 2.17 bits per heavy atom. The van der Waals surface area contributed by atoms with Gasteiger partial charge in [-0.3, -0.25) is 9.59 Å². The molecule has 0 atom stereocenters. The van der Waals surface area contributed by atoms with E-state index in [9.17, 15) is 22.8 Å². The molecule has 0 radical (unpaired) electrons. The lowest BCUT2D eigenvalue weighted by Crippen LogP contribution is -2.20. The van der Waals surface area contributed by atoms with Crippen LogP contribution >= 0.6 is 0 Å². The molecule has 29 heavy (non-hydrogen) atoms. The van der Waals surface area contributed by atoms with Crippen LogP contribution in [0.3, 0.4) is 0 Å². The standard InChI is InChI=1S/C21H13NO6S/c23-18-11-10-17-19(20(18)24)16(13-4-2-1-3-5-13)12-22(17)29(27,28)15-8-6-14(7-9-15)21(25)26/h1-12H,(H,25,26). The second-order valence-corrected chi connectivity index (χ2v) is 8.14. The number of nitrogens with zero attached hydrogens (tertiary/aromatic N) is 1. The van der Waals surface area contributed by atoms with Crippen molar-refractivity contribution >= 4 is 33.6 Å². The van der Waals surface area contributed by atoms with Gasteiger partial charge in [0.25, 0.3) is 10.0 Å². The second kappa shape index (κ2) is 6.68. The van der Waals surface area contributed by atoms with Crippen LogP contribution < -0.4 is 0 Å². The predicted octanol–water partition coefficient (Wildman–Crippen LogP) is 2.87. The van der Waals surface area contributed by atoms with Crippen LogP contribution in [0.5, 0.6) is 0 Å². The van der Waals surface area contributed by atoms with E-state index in [1.807, 2.05) is 0 Å². The topological polar surface area (TPSA) is 111 Å². The number of benzene rings is 2. The van der Waals surface area contributed by atoms with Crippen molar-refractivity contribution in [2.75, 3.05) is 0 Å². The first-order valence-electron chi connectivity index (χ1n) is 8.47. The van der Waals surface area contributed by atoms with E-state index >= 15 is 0 Å². The fraction of sp³-hybridized carbons (Fsp3) is 0. The zero-order valence-electron chi connectivity index (χ0n) is 14.8. The molecule has 0 saturated carbocycles. The quantitative estimate of drug-likeness (QED) is 0.666. The molecule has 3 aromatic rings. The normalized spacial score (nSPS) is 13.4. The predicted molar refractivity (Wildman–Crippen MR) is 104 cm³/mol. The molecule has 0 spiro atoms. The van der Waals surface area contributed by atoms with Crippen LogP contribution in [0.4, 0.5) is 0 Å². The monoisotopic (exact) mass is 407 g/mol. The number of Topliss-reactive ketones (excluding diaryl/α,β-unsaturated/α-hetero) is 1. The summed E-state index contributed by atoms with van der Waals surface area (Å²) in [6.45, 7) is 0. The largest absolute Gasteiger partial charge is 0.478 e. The van der Waals surface area contributed by atoms with Gasteiger partial charge in [-0.05, 0) is 42.0 Å². The van der Waals surface area contributed by atoms with Crippen molar-refractivity contribution in [3.63, 3.8) is 0 Å². The molecule has 1 aliphatic carbocycles. The molecule has 0 amide bonds. The fourth-order valence-electron chi connectivity index (χ4n) is 3.17. The first-order chi connectivity index (χ1) is 13.8. The maximum Gasteiger partial charge on any atom is 0.335 e. The Morgan fingerprint density at radius 2 is 1.55 bits per heavy atom.